The molecule has 1 fully saturated rings. The SMILES string of the molecule is CC1CCCN(Cc2csc(NC(=O)[C@H](C)NC(=O)Cc3cccc4ccccc34)n2)C1. The van der Waals surface area contributed by atoms with Gasteiger partial charge in [-0.3, -0.25) is 14.5 Å². The number of thiazole rings is 1. The predicted molar refractivity (Wildman–Crippen MR) is 130 cm³/mol. The molecule has 0 saturated carbocycles. The first-order valence-corrected chi connectivity index (χ1v) is 12.1. The van der Waals surface area contributed by atoms with Crippen molar-refractivity contribution in [3.63, 3.8) is 0 Å². The lowest BCUT2D eigenvalue weighted by Crippen LogP contribution is -2.42. The summed E-state index contributed by atoms with van der Waals surface area (Å²) >= 11 is 1.43. The van der Waals surface area contributed by atoms with Crippen molar-refractivity contribution in [1.82, 2.24) is 15.2 Å². The van der Waals surface area contributed by atoms with E-state index in [0.717, 1.165) is 47.6 Å². The zero-order valence-electron chi connectivity index (χ0n) is 18.6. The van der Waals surface area contributed by atoms with Gasteiger partial charge in [-0.2, -0.15) is 0 Å². The predicted octanol–water partition coefficient (Wildman–Crippen LogP) is 4.21. The molecule has 2 aromatic carbocycles. The average Bonchev–Trinajstić information content (AvgIpc) is 3.20. The number of carbonyl (C=O) groups excluding carboxylic acids is 2. The fraction of sp³-hybridized carbons (Fsp3) is 0.400. The first-order valence-electron chi connectivity index (χ1n) is 11.2. The van der Waals surface area contributed by atoms with Crippen LogP contribution in [0.3, 0.4) is 0 Å². The van der Waals surface area contributed by atoms with Crippen LogP contribution < -0.4 is 10.6 Å². The van der Waals surface area contributed by atoms with Crippen molar-refractivity contribution >= 4 is 39.1 Å². The summed E-state index contributed by atoms with van der Waals surface area (Å²) in [5, 5.41) is 10.4. The molecule has 6 nitrogen and oxygen atoms in total. The molecule has 0 bridgehead atoms. The van der Waals surface area contributed by atoms with E-state index in [4.69, 9.17) is 0 Å². The lowest BCUT2D eigenvalue weighted by atomic mass is 10.0. The molecule has 0 spiro atoms. The van der Waals surface area contributed by atoms with Crippen LogP contribution in [0.15, 0.2) is 47.8 Å². The first kappa shape index (κ1) is 22.4. The highest BCUT2D eigenvalue weighted by Gasteiger charge is 2.20. The van der Waals surface area contributed by atoms with E-state index in [1.54, 1.807) is 6.92 Å². The highest BCUT2D eigenvalue weighted by molar-refractivity contribution is 7.13. The number of aromatic nitrogens is 1. The van der Waals surface area contributed by atoms with Crippen LogP contribution in [-0.4, -0.2) is 40.8 Å². The zero-order valence-corrected chi connectivity index (χ0v) is 19.5. The summed E-state index contributed by atoms with van der Waals surface area (Å²) in [7, 11) is 0. The Kier molecular flexibility index (Phi) is 7.17. The lowest BCUT2D eigenvalue weighted by Gasteiger charge is -2.30. The van der Waals surface area contributed by atoms with Crippen LogP contribution in [0.25, 0.3) is 10.8 Å². The van der Waals surface area contributed by atoms with E-state index in [1.807, 2.05) is 47.8 Å². The third-order valence-electron chi connectivity index (χ3n) is 5.91. The summed E-state index contributed by atoms with van der Waals surface area (Å²) in [6.45, 7) is 6.99. The fourth-order valence-corrected chi connectivity index (χ4v) is 4.99. The van der Waals surface area contributed by atoms with E-state index < -0.39 is 6.04 Å². The highest BCUT2D eigenvalue weighted by Crippen LogP contribution is 2.21. The Labute approximate surface area is 193 Å². The van der Waals surface area contributed by atoms with Crippen molar-refractivity contribution in [3.05, 3.63) is 59.1 Å². The molecule has 4 rings (SSSR count). The maximum absolute atomic E-state index is 12.6. The van der Waals surface area contributed by atoms with E-state index >= 15 is 0 Å². The molecule has 1 aliphatic heterocycles. The van der Waals surface area contributed by atoms with Gasteiger partial charge in [-0.05, 0) is 48.6 Å². The second-order valence-corrected chi connectivity index (χ2v) is 9.58. The van der Waals surface area contributed by atoms with Crippen LogP contribution in [0, 0.1) is 5.92 Å². The number of rotatable bonds is 7. The van der Waals surface area contributed by atoms with Gasteiger partial charge >= 0.3 is 0 Å². The largest absolute Gasteiger partial charge is 0.344 e. The number of piperidine rings is 1. The van der Waals surface area contributed by atoms with Gasteiger partial charge in [0.2, 0.25) is 11.8 Å². The van der Waals surface area contributed by atoms with Gasteiger partial charge in [0, 0.05) is 18.5 Å². The van der Waals surface area contributed by atoms with Crippen molar-refractivity contribution in [2.45, 2.75) is 45.7 Å². The number of hydrogen-bond donors (Lipinski definition) is 2. The maximum atomic E-state index is 12.6. The minimum absolute atomic E-state index is 0.178. The Balaban J connectivity index is 1.29. The number of fused-ring (bicyclic) bond motifs is 1. The van der Waals surface area contributed by atoms with E-state index in [0.29, 0.717) is 5.13 Å². The molecule has 1 unspecified atom stereocenters. The summed E-state index contributed by atoms with van der Waals surface area (Å²) in [6, 6.07) is 13.3. The molecule has 7 heteroatoms. The van der Waals surface area contributed by atoms with Crippen molar-refractivity contribution in [2.75, 3.05) is 18.4 Å². The Hall–Kier alpha value is -2.77. The van der Waals surface area contributed by atoms with Gasteiger partial charge in [0.05, 0.1) is 12.1 Å². The van der Waals surface area contributed by atoms with E-state index in [2.05, 4.69) is 27.4 Å². The number of nitrogens with one attached hydrogen (secondary N) is 2. The molecule has 2 N–H and O–H groups in total. The Morgan fingerprint density at radius 3 is 2.88 bits per heavy atom. The molecular formula is C25H30N4O2S. The van der Waals surface area contributed by atoms with Crippen LogP contribution in [0.1, 0.15) is 37.9 Å². The standard InChI is InChI=1S/C25H30N4O2S/c1-17-7-6-12-29(14-17)15-21-16-32-25(27-21)28-24(31)18(2)26-23(30)13-20-10-5-9-19-8-3-4-11-22(19)20/h3-5,8-11,16-18H,6-7,12-15H2,1-2H3,(H,26,30)(H,27,28,31)/t17?,18-/m0/s1. The second-order valence-electron chi connectivity index (χ2n) is 8.72. The Morgan fingerprint density at radius 1 is 1.22 bits per heavy atom. The molecule has 1 saturated heterocycles. The normalized spacial score (nSPS) is 17.8. The Morgan fingerprint density at radius 2 is 2.03 bits per heavy atom. The van der Waals surface area contributed by atoms with Crippen molar-refractivity contribution in [1.29, 1.82) is 0 Å². The summed E-state index contributed by atoms with van der Waals surface area (Å²) < 4.78 is 0. The summed E-state index contributed by atoms with van der Waals surface area (Å²) in [6.07, 6.45) is 2.75. The zero-order chi connectivity index (χ0) is 22.5. The molecule has 2 amide bonds. The van der Waals surface area contributed by atoms with Gasteiger partial charge < -0.3 is 10.6 Å². The first-order chi connectivity index (χ1) is 15.5. The van der Waals surface area contributed by atoms with Gasteiger partial charge in [0.15, 0.2) is 5.13 Å². The van der Waals surface area contributed by atoms with Crippen LogP contribution in [0.5, 0.6) is 0 Å². The van der Waals surface area contributed by atoms with E-state index in [-0.39, 0.29) is 18.2 Å². The molecule has 3 aromatic rings. The van der Waals surface area contributed by atoms with Gasteiger partial charge in [-0.1, -0.05) is 49.4 Å². The molecule has 1 aliphatic rings. The molecule has 168 valence electrons. The van der Waals surface area contributed by atoms with Crippen LogP contribution in [-0.2, 0) is 22.6 Å². The third-order valence-corrected chi connectivity index (χ3v) is 6.72. The quantitative estimate of drug-likeness (QED) is 0.565. The average molecular weight is 451 g/mol. The number of anilines is 1. The van der Waals surface area contributed by atoms with Gasteiger partial charge in [-0.25, -0.2) is 4.98 Å². The number of carbonyl (C=O) groups is 2. The van der Waals surface area contributed by atoms with Crippen molar-refractivity contribution in [2.24, 2.45) is 5.92 Å². The molecular weight excluding hydrogens is 420 g/mol. The number of benzene rings is 2. The van der Waals surface area contributed by atoms with Gasteiger partial charge in [-0.15, -0.1) is 11.3 Å². The van der Waals surface area contributed by atoms with E-state index in [9.17, 15) is 9.59 Å². The van der Waals surface area contributed by atoms with Crippen LogP contribution in [0.2, 0.25) is 0 Å². The van der Waals surface area contributed by atoms with Crippen LogP contribution >= 0.6 is 11.3 Å². The third kappa shape index (κ3) is 5.72. The topological polar surface area (TPSA) is 74.3 Å². The van der Waals surface area contributed by atoms with Crippen molar-refractivity contribution in [3.8, 4) is 0 Å². The molecule has 2 heterocycles. The number of likely N-dealkylation sites (tertiary alicyclic amines) is 1. The van der Waals surface area contributed by atoms with Gasteiger partial charge in [0.25, 0.3) is 0 Å². The van der Waals surface area contributed by atoms with E-state index in [1.165, 1.54) is 24.2 Å². The number of nitrogens with zero attached hydrogens (tertiary/aromatic N) is 2. The molecule has 0 radical (unpaired) electrons. The summed E-state index contributed by atoms with van der Waals surface area (Å²) in [5.41, 5.74) is 1.93. The van der Waals surface area contributed by atoms with Gasteiger partial charge in [0.1, 0.15) is 6.04 Å². The molecule has 2 atom stereocenters. The minimum atomic E-state index is -0.646. The van der Waals surface area contributed by atoms with Crippen molar-refractivity contribution < 1.29 is 9.59 Å². The number of amides is 2. The molecule has 0 aliphatic carbocycles. The summed E-state index contributed by atoms with van der Waals surface area (Å²) in [5.74, 6) is 0.284. The van der Waals surface area contributed by atoms with Crippen LogP contribution in [0.4, 0.5) is 5.13 Å². The molecule has 1 aromatic heterocycles. The summed E-state index contributed by atoms with van der Waals surface area (Å²) in [4.78, 5) is 32.1. The number of hydrogen-bond acceptors (Lipinski definition) is 5. The minimum Gasteiger partial charge on any atom is -0.344 e. The Bertz CT molecular complexity index is 1090. The maximum Gasteiger partial charge on any atom is 0.248 e. The smallest absolute Gasteiger partial charge is 0.248 e. The molecule has 32 heavy (non-hydrogen) atoms. The monoisotopic (exact) mass is 450 g/mol. The highest BCUT2D eigenvalue weighted by atomic mass is 32.1. The lowest BCUT2D eigenvalue weighted by molar-refractivity contribution is -0.125. The fourth-order valence-electron chi connectivity index (χ4n) is 4.29. The second kappa shape index (κ2) is 10.2.